The van der Waals surface area contributed by atoms with Crippen LogP contribution in [-0.2, 0) is 11.4 Å². The molecule has 0 aliphatic heterocycles. The number of para-hydroxylation sites is 1. The number of hydrogen-bond donors (Lipinski definition) is 2. The molecule has 2 amide bonds. The molecule has 0 bridgehead atoms. The predicted octanol–water partition coefficient (Wildman–Crippen LogP) is 3.11. The SMILES string of the molecule is O=C(COc1ccccc1)NNC(=O)c1ccc(OCc2ccccc2)cc1. The van der Waals surface area contributed by atoms with Crippen molar-refractivity contribution in [3.8, 4) is 11.5 Å². The van der Waals surface area contributed by atoms with Gasteiger partial charge in [0.15, 0.2) is 6.61 Å². The van der Waals surface area contributed by atoms with Gasteiger partial charge in [0.2, 0.25) is 0 Å². The van der Waals surface area contributed by atoms with Crippen LogP contribution in [0.25, 0.3) is 0 Å². The van der Waals surface area contributed by atoms with Gasteiger partial charge in [-0.15, -0.1) is 0 Å². The molecular formula is C22H20N2O4. The van der Waals surface area contributed by atoms with Crippen LogP contribution in [0, 0.1) is 0 Å². The molecule has 0 atom stereocenters. The summed E-state index contributed by atoms with van der Waals surface area (Å²) in [6.07, 6.45) is 0. The van der Waals surface area contributed by atoms with Crippen LogP contribution in [0.2, 0.25) is 0 Å². The summed E-state index contributed by atoms with van der Waals surface area (Å²) in [6, 6.07) is 25.4. The zero-order valence-electron chi connectivity index (χ0n) is 15.1. The maximum Gasteiger partial charge on any atom is 0.276 e. The first kappa shape index (κ1) is 19.0. The van der Waals surface area contributed by atoms with E-state index in [0.29, 0.717) is 23.7 Å². The summed E-state index contributed by atoms with van der Waals surface area (Å²) < 4.78 is 11.0. The number of hydrazine groups is 1. The Morgan fingerprint density at radius 1 is 0.679 bits per heavy atom. The lowest BCUT2D eigenvalue weighted by molar-refractivity contribution is -0.123. The van der Waals surface area contributed by atoms with Gasteiger partial charge in [0.05, 0.1) is 0 Å². The number of benzene rings is 3. The van der Waals surface area contributed by atoms with E-state index >= 15 is 0 Å². The lowest BCUT2D eigenvalue weighted by atomic mass is 10.2. The lowest BCUT2D eigenvalue weighted by Crippen LogP contribution is -2.43. The first-order valence-electron chi connectivity index (χ1n) is 8.74. The van der Waals surface area contributed by atoms with Gasteiger partial charge in [-0.25, -0.2) is 0 Å². The second-order valence-electron chi connectivity index (χ2n) is 5.90. The van der Waals surface area contributed by atoms with Crippen LogP contribution in [0.1, 0.15) is 15.9 Å². The summed E-state index contributed by atoms with van der Waals surface area (Å²) in [4.78, 5) is 23.9. The average molecular weight is 376 g/mol. The minimum atomic E-state index is -0.458. The molecule has 0 aromatic heterocycles. The van der Waals surface area contributed by atoms with Crippen LogP contribution in [0.15, 0.2) is 84.9 Å². The van der Waals surface area contributed by atoms with Crippen molar-refractivity contribution >= 4 is 11.8 Å². The van der Waals surface area contributed by atoms with Crippen LogP contribution in [0.3, 0.4) is 0 Å². The number of hydrogen-bond acceptors (Lipinski definition) is 4. The Kier molecular flexibility index (Phi) is 6.62. The molecular weight excluding hydrogens is 356 g/mol. The molecule has 3 aromatic rings. The molecule has 0 fully saturated rings. The third-order valence-corrected chi connectivity index (χ3v) is 3.79. The number of carbonyl (C=O) groups is 2. The molecule has 0 saturated carbocycles. The van der Waals surface area contributed by atoms with Gasteiger partial charge in [0.25, 0.3) is 11.8 Å². The van der Waals surface area contributed by atoms with E-state index < -0.39 is 11.8 Å². The molecule has 0 saturated heterocycles. The normalized spacial score (nSPS) is 10.0. The molecule has 142 valence electrons. The standard InChI is InChI=1S/C22H20N2O4/c25-21(16-28-19-9-5-2-6-10-19)23-24-22(26)18-11-13-20(14-12-18)27-15-17-7-3-1-4-8-17/h1-14H,15-16H2,(H,23,25)(H,24,26). The van der Waals surface area contributed by atoms with Crippen molar-refractivity contribution in [2.45, 2.75) is 6.61 Å². The lowest BCUT2D eigenvalue weighted by Gasteiger charge is -2.10. The van der Waals surface area contributed by atoms with E-state index in [-0.39, 0.29) is 6.61 Å². The van der Waals surface area contributed by atoms with Gasteiger partial charge in [0.1, 0.15) is 18.1 Å². The number of amides is 2. The highest BCUT2D eigenvalue weighted by molar-refractivity contribution is 5.95. The third kappa shape index (κ3) is 5.88. The zero-order chi connectivity index (χ0) is 19.6. The van der Waals surface area contributed by atoms with E-state index in [1.165, 1.54) is 0 Å². The molecule has 0 aliphatic rings. The molecule has 0 heterocycles. The molecule has 0 aliphatic carbocycles. The molecule has 0 spiro atoms. The molecule has 0 radical (unpaired) electrons. The van der Waals surface area contributed by atoms with Crippen molar-refractivity contribution < 1.29 is 19.1 Å². The van der Waals surface area contributed by atoms with Crippen molar-refractivity contribution in [3.63, 3.8) is 0 Å². The van der Waals surface area contributed by atoms with Crippen LogP contribution in [0.5, 0.6) is 11.5 Å². The predicted molar refractivity (Wildman–Crippen MR) is 105 cm³/mol. The highest BCUT2D eigenvalue weighted by Crippen LogP contribution is 2.14. The zero-order valence-corrected chi connectivity index (χ0v) is 15.1. The summed E-state index contributed by atoms with van der Waals surface area (Å²) >= 11 is 0. The maximum absolute atomic E-state index is 12.1. The third-order valence-electron chi connectivity index (χ3n) is 3.79. The van der Waals surface area contributed by atoms with Crippen molar-refractivity contribution in [3.05, 3.63) is 96.1 Å². The van der Waals surface area contributed by atoms with Gasteiger partial charge >= 0.3 is 0 Å². The highest BCUT2D eigenvalue weighted by atomic mass is 16.5. The van der Waals surface area contributed by atoms with Crippen LogP contribution < -0.4 is 20.3 Å². The fraction of sp³-hybridized carbons (Fsp3) is 0.0909. The first-order valence-corrected chi connectivity index (χ1v) is 8.74. The number of rotatable bonds is 7. The topological polar surface area (TPSA) is 76.7 Å². The summed E-state index contributed by atoms with van der Waals surface area (Å²) in [5.41, 5.74) is 6.13. The van der Waals surface area contributed by atoms with Crippen molar-refractivity contribution in [1.82, 2.24) is 10.9 Å². The highest BCUT2D eigenvalue weighted by Gasteiger charge is 2.08. The summed E-state index contributed by atoms with van der Waals surface area (Å²) in [5.74, 6) is 0.346. The molecule has 6 nitrogen and oxygen atoms in total. The molecule has 3 rings (SSSR count). The molecule has 2 N–H and O–H groups in total. The Hall–Kier alpha value is -3.80. The van der Waals surface area contributed by atoms with E-state index in [2.05, 4.69) is 10.9 Å². The molecule has 6 heteroatoms. The van der Waals surface area contributed by atoms with Crippen LogP contribution in [0.4, 0.5) is 0 Å². The monoisotopic (exact) mass is 376 g/mol. The fourth-order valence-corrected chi connectivity index (χ4v) is 2.34. The van der Waals surface area contributed by atoms with Crippen LogP contribution >= 0.6 is 0 Å². The minimum Gasteiger partial charge on any atom is -0.489 e. The van der Waals surface area contributed by atoms with Crippen LogP contribution in [-0.4, -0.2) is 18.4 Å². The first-order chi connectivity index (χ1) is 13.7. The number of carbonyl (C=O) groups excluding carboxylic acids is 2. The largest absolute Gasteiger partial charge is 0.489 e. The van der Waals surface area contributed by atoms with E-state index in [1.807, 2.05) is 48.5 Å². The van der Waals surface area contributed by atoms with Gasteiger partial charge in [0, 0.05) is 5.56 Å². The molecule has 0 unspecified atom stereocenters. The maximum atomic E-state index is 12.1. The Bertz CT molecular complexity index is 897. The van der Waals surface area contributed by atoms with Gasteiger partial charge < -0.3 is 9.47 Å². The Morgan fingerprint density at radius 3 is 1.96 bits per heavy atom. The van der Waals surface area contributed by atoms with Crippen molar-refractivity contribution in [2.75, 3.05) is 6.61 Å². The second kappa shape index (κ2) is 9.78. The van der Waals surface area contributed by atoms with Gasteiger partial charge in [-0.05, 0) is 42.0 Å². The smallest absolute Gasteiger partial charge is 0.276 e. The van der Waals surface area contributed by atoms with E-state index in [4.69, 9.17) is 9.47 Å². The van der Waals surface area contributed by atoms with Crippen molar-refractivity contribution in [2.24, 2.45) is 0 Å². The number of nitrogens with one attached hydrogen (secondary N) is 2. The number of ether oxygens (including phenoxy) is 2. The quantitative estimate of drug-likeness (QED) is 0.621. The van der Waals surface area contributed by atoms with Gasteiger partial charge in [-0.2, -0.15) is 0 Å². The van der Waals surface area contributed by atoms with E-state index in [1.54, 1.807) is 36.4 Å². The summed E-state index contributed by atoms with van der Waals surface area (Å²) in [5, 5.41) is 0. The van der Waals surface area contributed by atoms with E-state index in [0.717, 1.165) is 5.56 Å². The Labute approximate surface area is 163 Å². The van der Waals surface area contributed by atoms with Gasteiger partial charge in [-0.1, -0.05) is 48.5 Å². The summed E-state index contributed by atoms with van der Waals surface area (Å²) in [7, 11) is 0. The molecule has 28 heavy (non-hydrogen) atoms. The fourth-order valence-electron chi connectivity index (χ4n) is 2.34. The van der Waals surface area contributed by atoms with Crippen molar-refractivity contribution in [1.29, 1.82) is 0 Å². The Balaban J connectivity index is 1.42. The van der Waals surface area contributed by atoms with E-state index in [9.17, 15) is 9.59 Å². The van der Waals surface area contributed by atoms with Gasteiger partial charge in [-0.3, -0.25) is 20.4 Å². The Morgan fingerprint density at radius 2 is 1.29 bits per heavy atom. The minimum absolute atomic E-state index is 0.198. The molecule has 3 aromatic carbocycles. The average Bonchev–Trinajstić information content (AvgIpc) is 2.76. The second-order valence-corrected chi connectivity index (χ2v) is 5.90. The summed E-state index contributed by atoms with van der Waals surface area (Å²) in [6.45, 7) is 0.250.